The highest BCUT2D eigenvalue weighted by Crippen LogP contribution is 2.32. The highest BCUT2D eigenvalue weighted by Gasteiger charge is 2.12. The standard InChI is InChI=1S/C10H14ClNOS/c1-6(13)7(2)14-10-4-3-8(12)5-9(10)11/h3-7,13H,12H2,1-2H3. The molecular formula is C10H14ClNOS. The number of aliphatic hydroxyl groups is 1. The van der Waals surface area contributed by atoms with Crippen molar-refractivity contribution in [1.82, 2.24) is 0 Å². The van der Waals surface area contributed by atoms with Crippen LogP contribution in [-0.2, 0) is 0 Å². The Morgan fingerprint density at radius 2 is 2.07 bits per heavy atom. The van der Waals surface area contributed by atoms with Crippen molar-refractivity contribution in [2.24, 2.45) is 0 Å². The first-order valence-corrected chi connectivity index (χ1v) is 5.66. The third-order valence-electron chi connectivity index (χ3n) is 1.95. The minimum Gasteiger partial charge on any atom is -0.399 e. The molecule has 1 rings (SSSR count). The molecule has 0 spiro atoms. The first kappa shape index (κ1) is 11.7. The molecule has 2 nitrogen and oxygen atoms in total. The smallest absolute Gasteiger partial charge is 0.0631 e. The van der Waals surface area contributed by atoms with Gasteiger partial charge in [-0.3, -0.25) is 0 Å². The molecule has 0 aromatic heterocycles. The summed E-state index contributed by atoms with van der Waals surface area (Å²) in [7, 11) is 0. The number of nitrogen functional groups attached to an aromatic ring is 1. The summed E-state index contributed by atoms with van der Waals surface area (Å²) < 4.78 is 0. The van der Waals surface area contributed by atoms with E-state index in [0.717, 1.165) is 4.90 Å². The minimum atomic E-state index is -0.353. The Kier molecular flexibility index (Phi) is 4.11. The number of thioether (sulfide) groups is 1. The Hall–Kier alpha value is -0.380. The maximum absolute atomic E-state index is 9.34. The summed E-state index contributed by atoms with van der Waals surface area (Å²) >= 11 is 7.55. The third kappa shape index (κ3) is 3.08. The van der Waals surface area contributed by atoms with Crippen LogP contribution in [0.4, 0.5) is 5.69 Å². The number of aliphatic hydroxyl groups excluding tert-OH is 1. The predicted octanol–water partition coefficient (Wildman–Crippen LogP) is 2.78. The van der Waals surface area contributed by atoms with Crippen LogP contribution in [-0.4, -0.2) is 16.5 Å². The SMILES string of the molecule is CC(O)C(C)Sc1ccc(N)cc1Cl. The summed E-state index contributed by atoms with van der Waals surface area (Å²) in [6.45, 7) is 3.73. The van der Waals surface area contributed by atoms with Gasteiger partial charge < -0.3 is 10.8 Å². The first-order chi connectivity index (χ1) is 6.50. The van der Waals surface area contributed by atoms with Crippen molar-refractivity contribution in [1.29, 1.82) is 0 Å². The fourth-order valence-corrected chi connectivity index (χ4v) is 2.15. The number of rotatable bonds is 3. The minimum absolute atomic E-state index is 0.121. The fourth-order valence-electron chi connectivity index (χ4n) is 0.911. The molecule has 0 bridgehead atoms. The molecule has 4 heteroatoms. The van der Waals surface area contributed by atoms with Crippen molar-refractivity contribution >= 4 is 29.1 Å². The lowest BCUT2D eigenvalue weighted by Gasteiger charge is -2.14. The maximum Gasteiger partial charge on any atom is 0.0631 e. The van der Waals surface area contributed by atoms with Crippen molar-refractivity contribution in [2.75, 3.05) is 5.73 Å². The zero-order valence-electron chi connectivity index (χ0n) is 8.20. The Balaban J connectivity index is 2.77. The molecule has 0 fully saturated rings. The average molecular weight is 232 g/mol. The molecule has 1 aromatic carbocycles. The van der Waals surface area contributed by atoms with E-state index in [1.54, 1.807) is 24.8 Å². The molecule has 0 aliphatic rings. The summed E-state index contributed by atoms with van der Waals surface area (Å²) in [5.74, 6) is 0. The van der Waals surface area contributed by atoms with Gasteiger partial charge in [-0.05, 0) is 25.1 Å². The van der Waals surface area contributed by atoms with Crippen LogP contribution in [0.15, 0.2) is 23.1 Å². The van der Waals surface area contributed by atoms with E-state index in [1.165, 1.54) is 0 Å². The van der Waals surface area contributed by atoms with Gasteiger partial charge in [-0.25, -0.2) is 0 Å². The molecule has 14 heavy (non-hydrogen) atoms. The van der Waals surface area contributed by atoms with Gasteiger partial charge >= 0.3 is 0 Å². The summed E-state index contributed by atoms with van der Waals surface area (Å²) in [6.07, 6.45) is -0.353. The molecule has 2 unspecified atom stereocenters. The van der Waals surface area contributed by atoms with Gasteiger partial charge in [-0.1, -0.05) is 18.5 Å². The maximum atomic E-state index is 9.34. The van der Waals surface area contributed by atoms with Gasteiger partial charge in [0.15, 0.2) is 0 Å². The van der Waals surface area contributed by atoms with Gasteiger partial charge in [0.25, 0.3) is 0 Å². The largest absolute Gasteiger partial charge is 0.399 e. The first-order valence-electron chi connectivity index (χ1n) is 4.40. The number of anilines is 1. The number of nitrogens with two attached hydrogens (primary N) is 1. The second-order valence-electron chi connectivity index (χ2n) is 3.25. The lowest BCUT2D eigenvalue weighted by Crippen LogP contribution is -2.14. The van der Waals surface area contributed by atoms with Gasteiger partial charge in [0.2, 0.25) is 0 Å². The van der Waals surface area contributed by atoms with E-state index in [4.69, 9.17) is 17.3 Å². The Morgan fingerprint density at radius 3 is 2.57 bits per heavy atom. The van der Waals surface area contributed by atoms with Crippen LogP contribution >= 0.6 is 23.4 Å². The lowest BCUT2D eigenvalue weighted by molar-refractivity contribution is 0.196. The molecule has 0 aliphatic carbocycles. The highest BCUT2D eigenvalue weighted by atomic mass is 35.5. The molecule has 1 aromatic rings. The van der Waals surface area contributed by atoms with Crippen molar-refractivity contribution in [3.8, 4) is 0 Å². The third-order valence-corrected chi connectivity index (χ3v) is 3.75. The van der Waals surface area contributed by atoms with Gasteiger partial charge in [-0.15, -0.1) is 11.8 Å². The van der Waals surface area contributed by atoms with Gasteiger partial charge in [-0.2, -0.15) is 0 Å². The van der Waals surface area contributed by atoms with E-state index in [0.29, 0.717) is 10.7 Å². The predicted molar refractivity (Wildman–Crippen MR) is 62.9 cm³/mol. The average Bonchev–Trinajstić information content (AvgIpc) is 2.09. The molecule has 0 aliphatic heterocycles. The number of hydrogen-bond acceptors (Lipinski definition) is 3. The monoisotopic (exact) mass is 231 g/mol. The van der Waals surface area contributed by atoms with Crippen LogP contribution in [0.2, 0.25) is 5.02 Å². The van der Waals surface area contributed by atoms with E-state index in [-0.39, 0.29) is 11.4 Å². The van der Waals surface area contributed by atoms with Gasteiger partial charge in [0.1, 0.15) is 0 Å². The Bertz CT molecular complexity index is 317. The number of halogens is 1. The topological polar surface area (TPSA) is 46.2 Å². The van der Waals surface area contributed by atoms with Crippen molar-refractivity contribution in [2.45, 2.75) is 30.1 Å². The number of benzene rings is 1. The summed E-state index contributed by atoms with van der Waals surface area (Å²) in [5.41, 5.74) is 6.23. The zero-order valence-corrected chi connectivity index (χ0v) is 9.77. The fraction of sp³-hybridized carbons (Fsp3) is 0.400. The van der Waals surface area contributed by atoms with Crippen LogP contribution in [0.3, 0.4) is 0 Å². The Morgan fingerprint density at radius 1 is 1.43 bits per heavy atom. The lowest BCUT2D eigenvalue weighted by atomic mass is 10.3. The quantitative estimate of drug-likeness (QED) is 0.621. The summed E-state index contributed by atoms with van der Waals surface area (Å²) in [6, 6.07) is 5.41. The molecule has 0 saturated carbocycles. The Labute approximate surface area is 93.5 Å². The van der Waals surface area contributed by atoms with E-state index < -0.39 is 0 Å². The van der Waals surface area contributed by atoms with Crippen LogP contribution in [0.25, 0.3) is 0 Å². The molecular weight excluding hydrogens is 218 g/mol. The van der Waals surface area contributed by atoms with E-state index in [1.807, 2.05) is 19.1 Å². The second kappa shape index (κ2) is 4.91. The van der Waals surface area contributed by atoms with Crippen LogP contribution in [0, 0.1) is 0 Å². The van der Waals surface area contributed by atoms with E-state index in [9.17, 15) is 5.11 Å². The highest BCUT2D eigenvalue weighted by molar-refractivity contribution is 8.00. The zero-order chi connectivity index (χ0) is 10.7. The van der Waals surface area contributed by atoms with Gasteiger partial charge in [0, 0.05) is 15.8 Å². The van der Waals surface area contributed by atoms with E-state index >= 15 is 0 Å². The van der Waals surface area contributed by atoms with Crippen molar-refractivity contribution < 1.29 is 5.11 Å². The molecule has 0 saturated heterocycles. The van der Waals surface area contributed by atoms with Crippen molar-refractivity contribution in [3.05, 3.63) is 23.2 Å². The molecule has 0 heterocycles. The van der Waals surface area contributed by atoms with Gasteiger partial charge in [0.05, 0.1) is 11.1 Å². The molecule has 3 N–H and O–H groups in total. The molecule has 2 atom stereocenters. The van der Waals surface area contributed by atoms with Crippen LogP contribution < -0.4 is 5.73 Å². The van der Waals surface area contributed by atoms with Crippen molar-refractivity contribution in [3.63, 3.8) is 0 Å². The van der Waals surface area contributed by atoms with Crippen LogP contribution in [0.1, 0.15) is 13.8 Å². The summed E-state index contributed by atoms with van der Waals surface area (Å²) in [4.78, 5) is 0.953. The normalized spacial score (nSPS) is 15.1. The van der Waals surface area contributed by atoms with Crippen LogP contribution in [0.5, 0.6) is 0 Å². The molecule has 0 radical (unpaired) electrons. The number of hydrogen-bond donors (Lipinski definition) is 2. The molecule has 0 amide bonds. The summed E-state index contributed by atoms with van der Waals surface area (Å²) in [5, 5.41) is 10.1. The molecule has 78 valence electrons. The second-order valence-corrected chi connectivity index (χ2v) is 5.08. The van der Waals surface area contributed by atoms with E-state index in [2.05, 4.69) is 0 Å².